The van der Waals surface area contributed by atoms with E-state index in [1.165, 1.54) is 13.2 Å². The third kappa shape index (κ3) is 5.17. The maximum absolute atomic E-state index is 12.0. The van der Waals surface area contributed by atoms with Crippen molar-refractivity contribution in [1.82, 2.24) is 9.55 Å². The molecule has 0 saturated heterocycles. The minimum atomic E-state index is -0.466. The first-order chi connectivity index (χ1) is 13.7. The molecule has 0 unspecified atom stereocenters. The third-order valence-corrected chi connectivity index (χ3v) is 4.08. The molecule has 6 heteroatoms. The molecule has 0 aliphatic rings. The minimum Gasteiger partial charge on any atom is -0.465 e. The monoisotopic (exact) mass is 376 g/mol. The molecule has 142 valence electrons. The van der Waals surface area contributed by atoms with Crippen molar-refractivity contribution in [3.63, 3.8) is 0 Å². The van der Waals surface area contributed by atoms with E-state index in [-0.39, 0.29) is 6.61 Å². The minimum absolute atomic E-state index is 0.0876. The molecule has 3 rings (SSSR count). The fourth-order valence-corrected chi connectivity index (χ4v) is 2.60. The van der Waals surface area contributed by atoms with Crippen LogP contribution >= 0.6 is 0 Å². The molecular weight excluding hydrogens is 356 g/mol. The van der Waals surface area contributed by atoms with Gasteiger partial charge in [-0.3, -0.25) is 0 Å². The Hall–Kier alpha value is -3.67. The van der Waals surface area contributed by atoms with Crippen molar-refractivity contribution in [2.75, 3.05) is 7.11 Å². The predicted octanol–water partition coefficient (Wildman–Crippen LogP) is 3.47. The second kappa shape index (κ2) is 9.32. The molecule has 0 aliphatic heterocycles. The van der Waals surface area contributed by atoms with Gasteiger partial charge in [0.05, 0.1) is 12.7 Å². The number of ether oxygens (including phenoxy) is 2. The Labute approximate surface area is 163 Å². The standard InChI is InChI=1S/C22H20N2O4/c1-27-22(26)19-10-7-17(8-11-19)9-12-21(25)28-16-20-23-13-14-24(20)15-18-5-3-2-4-6-18/h2-14H,15-16H2,1H3/b12-9+. The molecule has 28 heavy (non-hydrogen) atoms. The van der Waals surface area contributed by atoms with Gasteiger partial charge in [0.1, 0.15) is 12.4 Å². The number of hydrogen-bond acceptors (Lipinski definition) is 5. The van der Waals surface area contributed by atoms with Crippen molar-refractivity contribution in [2.45, 2.75) is 13.2 Å². The summed E-state index contributed by atoms with van der Waals surface area (Å²) in [7, 11) is 1.33. The molecule has 0 atom stereocenters. The summed E-state index contributed by atoms with van der Waals surface area (Å²) in [6, 6.07) is 16.7. The summed E-state index contributed by atoms with van der Waals surface area (Å²) in [5, 5.41) is 0. The van der Waals surface area contributed by atoms with Gasteiger partial charge >= 0.3 is 11.9 Å². The average Bonchev–Trinajstić information content (AvgIpc) is 3.18. The lowest BCUT2D eigenvalue weighted by Crippen LogP contribution is -2.08. The third-order valence-electron chi connectivity index (χ3n) is 4.08. The van der Waals surface area contributed by atoms with Gasteiger partial charge in [0.2, 0.25) is 0 Å². The SMILES string of the molecule is COC(=O)c1ccc(/C=C/C(=O)OCc2nccn2Cc2ccccc2)cc1. The summed E-state index contributed by atoms with van der Waals surface area (Å²) in [6.07, 6.45) is 6.51. The number of esters is 2. The van der Waals surface area contributed by atoms with Gasteiger partial charge in [0.15, 0.2) is 0 Å². The fraction of sp³-hybridized carbons (Fsp3) is 0.136. The maximum atomic E-state index is 12.0. The average molecular weight is 376 g/mol. The number of nitrogens with zero attached hydrogens (tertiary/aromatic N) is 2. The van der Waals surface area contributed by atoms with Gasteiger partial charge in [-0.1, -0.05) is 42.5 Å². The van der Waals surface area contributed by atoms with Crippen LogP contribution in [0.3, 0.4) is 0 Å². The van der Waals surface area contributed by atoms with Crippen molar-refractivity contribution < 1.29 is 19.1 Å². The second-order valence-electron chi connectivity index (χ2n) is 6.01. The quantitative estimate of drug-likeness (QED) is 0.466. The van der Waals surface area contributed by atoms with Crippen LogP contribution in [0.25, 0.3) is 6.08 Å². The molecule has 0 N–H and O–H groups in total. The summed E-state index contributed by atoms with van der Waals surface area (Å²) in [5.41, 5.74) is 2.37. The summed E-state index contributed by atoms with van der Waals surface area (Å²) < 4.78 is 11.9. The highest BCUT2D eigenvalue weighted by Crippen LogP contribution is 2.09. The van der Waals surface area contributed by atoms with Gasteiger partial charge in [-0.2, -0.15) is 0 Å². The van der Waals surface area contributed by atoms with E-state index in [4.69, 9.17) is 4.74 Å². The van der Waals surface area contributed by atoms with Crippen LogP contribution < -0.4 is 0 Å². The molecule has 0 fully saturated rings. The molecule has 0 bridgehead atoms. The van der Waals surface area contributed by atoms with E-state index in [9.17, 15) is 9.59 Å². The van der Waals surface area contributed by atoms with E-state index in [1.807, 2.05) is 41.1 Å². The number of carbonyl (C=O) groups excluding carboxylic acids is 2. The van der Waals surface area contributed by atoms with Crippen LogP contribution in [0.5, 0.6) is 0 Å². The fourth-order valence-electron chi connectivity index (χ4n) is 2.60. The first-order valence-corrected chi connectivity index (χ1v) is 8.73. The number of rotatable bonds is 7. The van der Waals surface area contributed by atoms with Crippen LogP contribution in [0.2, 0.25) is 0 Å². The molecule has 0 amide bonds. The van der Waals surface area contributed by atoms with Gasteiger partial charge in [-0.15, -0.1) is 0 Å². The van der Waals surface area contributed by atoms with Gasteiger partial charge in [-0.25, -0.2) is 14.6 Å². The number of aromatic nitrogens is 2. The molecule has 1 heterocycles. The second-order valence-corrected chi connectivity index (χ2v) is 6.01. The van der Waals surface area contributed by atoms with Crippen molar-refractivity contribution in [1.29, 1.82) is 0 Å². The normalized spacial score (nSPS) is 10.8. The predicted molar refractivity (Wildman–Crippen MR) is 104 cm³/mol. The molecule has 2 aromatic carbocycles. The first kappa shape index (κ1) is 19.1. The first-order valence-electron chi connectivity index (χ1n) is 8.73. The van der Waals surface area contributed by atoms with E-state index >= 15 is 0 Å². The zero-order valence-electron chi connectivity index (χ0n) is 15.4. The molecule has 0 aliphatic carbocycles. The molecule has 0 saturated carbocycles. The zero-order chi connectivity index (χ0) is 19.8. The number of imidazole rings is 1. The molecule has 0 spiro atoms. The Kier molecular flexibility index (Phi) is 6.36. The Morgan fingerprint density at radius 3 is 2.54 bits per heavy atom. The lowest BCUT2D eigenvalue weighted by molar-refractivity contribution is -0.139. The van der Waals surface area contributed by atoms with Crippen molar-refractivity contribution >= 4 is 18.0 Å². The van der Waals surface area contributed by atoms with Crippen LogP contribution in [-0.4, -0.2) is 28.6 Å². The van der Waals surface area contributed by atoms with Crippen molar-refractivity contribution in [3.05, 3.63) is 95.6 Å². The number of benzene rings is 2. The highest BCUT2D eigenvalue weighted by Gasteiger charge is 2.07. The van der Waals surface area contributed by atoms with E-state index in [2.05, 4.69) is 9.72 Å². The number of hydrogen-bond donors (Lipinski definition) is 0. The molecule has 0 radical (unpaired) electrons. The van der Waals surface area contributed by atoms with Crippen LogP contribution in [0.15, 0.2) is 73.1 Å². The van der Waals surface area contributed by atoms with Crippen molar-refractivity contribution in [2.24, 2.45) is 0 Å². The topological polar surface area (TPSA) is 70.4 Å². The van der Waals surface area contributed by atoms with E-state index in [0.717, 1.165) is 11.1 Å². The number of carbonyl (C=O) groups is 2. The Morgan fingerprint density at radius 1 is 1.07 bits per heavy atom. The lowest BCUT2D eigenvalue weighted by Gasteiger charge is -2.08. The number of methoxy groups -OCH3 is 1. The highest BCUT2D eigenvalue weighted by molar-refractivity contribution is 5.90. The summed E-state index contributed by atoms with van der Waals surface area (Å²) >= 11 is 0. The van der Waals surface area contributed by atoms with Gasteiger partial charge in [0.25, 0.3) is 0 Å². The largest absolute Gasteiger partial charge is 0.465 e. The summed E-state index contributed by atoms with van der Waals surface area (Å²) in [6.45, 7) is 0.750. The molecule has 3 aromatic rings. The Morgan fingerprint density at radius 2 is 1.82 bits per heavy atom. The van der Waals surface area contributed by atoms with E-state index < -0.39 is 11.9 Å². The summed E-state index contributed by atoms with van der Waals surface area (Å²) in [5.74, 6) is -0.194. The van der Waals surface area contributed by atoms with Crippen LogP contribution in [0, 0.1) is 0 Å². The Bertz CT molecular complexity index is 960. The van der Waals surface area contributed by atoms with Crippen molar-refractivity contribution in [3.8, 4) is 0 Å². The van der Waals surface area contributed by atoms with E-state index in [0.29, 0.717) is 17.9 Å². The van der Waals surface area contributed by atoms with Gasteiger partial charge in [-0.05, 0) is 29.3 Å². The Balaban J connectivity index is 1.54. The van der Waals surface area contributed by atoms with Crippen LogP contribution in [-0.2, 0) is 27.4 Å². The maximum Gasteiger partial charge on any atom is 0.337 e. The smallest absolute Gasteiger partial charge is 0.337 e. The highest BCUT2D eigenvalue weighted by atomic mass is 16.5. The van der Waals surface area contributed by atoms with Crippen LogP contribution in [0.4, 0.5) is 0 Å². The van der Waals surface area contributed by atoms with Gasteiger partial charge in [0, 0.05) is 25.0 Å². The zero-order valence-corrected chi connectivity index (χ0v) is 15.4. The lowest BCUT2D eigenvalue weighted by atomic mass is 10.1. The summed E-state index contributed by atoms with van der Waals surface area (Å²) in [4.78, 5) is 27.6. The van der Waals surface area contributed by atoms with Crippen LogP contribution in [0.1, 0.15) is 27.3 Å². The van der Waals surface area contributed by atoms with Gasteiger partial charge < -0.3 is 14.0 Å². The molecule has 1 aromatic heterocycles. The van der Waals surface area contributed by atoms with E-state index in [1.54, 1.807) is 36.5 Å². The molecular formula is C22H20N2O4. The molecule has 6 nitrogen and oxygen atoms in total.